The van der Waals surface area contributed by atoms with Crippen molar-refractivity contribution >= 4 is 25.7 Å². The predicted molar refractivity (Wildman–Crippen MR) is 46.9 cm³/mol. The van der Waals surface area contributed by atoms with Crippen LogP contribution in [-0.4, -0.2) is 48.8 Å². The number of hydrogen-bond donors (Lipinski definition) is 5. The van der Waals surface area contributed by atoms with Gasteiger partial charge >= 0.3 is 37.4 Å². The Morgan fingerprint density at radius 3 is 1.32 bits per heavy atom. The van der Waals surface area contributed by atoms with Gasteiger partial charge in [0.15, 0.2) is 5.60 Å². The number of aliphatic hydroxyl groups is 1. The molecule has 0 rings (SSSR count). The second-order valence-corrected chi connectivity index (χ2v) is 3.88. The van der Waals surface area contributed by atoms with Crippen molar-refractivity contribution in [1.82, 2.24) is 0 Å². The molecular weight excluding hydrogens is 344 g/mol. The third kappa shape index (κ3) is 17.1. The van der Waals surface area contributed by atoms with Gasteiger partial charge in [0.2, 0.25) is 0 Å². The first-order valence-corrected chi connectivity index (χ1v) is 5.41. The molecule has 0 atom stereocenters. The normalized spacial score (nSPS) is 10.5. The van der Waals surface area contributed by atoms with E-state index < -0.39 is 44.2 Å². The molecule has 0 saturated heterocycles. The monoisotopic (exact) mass is 352 g/mol. The molecule has 0 aliphatic rings. The topological polar surface area (TPSA) is 216 Å². The van der Waals surface area contributed by atoms with Crippen molar-refractivity contribution in [3.63, 3.8) is 0 Å². The Morgan fingerprint density at radius 2 is 1.21 bits per heavy atom. The molecule has 0 fully saturated rings. The summed E-state index contributed by atoms with van der Waals surface area (Å²) >= 11 is 0. The van der Waals surface area contributed by atoms with Crippen molar-refractivity contribution in [2.75, 3.05) is 0 Å². The minimum Gasteiger partial charge on any atom is -0.790 e. The van der Waals surface area contributed by atoms with Crippen molar-refractivity contribution in [3.05, 3.63) is 0 Å². The molecule has 0 aromatic carbocycles. The zero-order chi connectivity index (χ0) is 15.1. The van der Waals surface area contributed by atoms with E-state index in [0.29, 0.717) is 0 Å². The van der Waals surface area contributed by atoms with Crippen molar-refractivity contribution in [2.45, 2.75) is 18.4 Å². The minimum absolute atomic E-state index is 0. The fourth-order valence-electron chi connectivity index (χ4n) is 0.714. The molecule has 0 amide bonds. The predicted octanol–water partition coefficient (Wildman–Crippen LogP) is -3.44. The Labute approximate surface area is 118 Å². The number of carboxylic acids is 3. The molecule has 0 unspecified atom stereocenters. The largest absolute Gasteiger partial charge is 2.00 e. The van der Waals surface area contributed by atoms with Crippen molar-refractivity contribution in [3.8, 4) is 0 Å². The van der Waals surface area contributed by atoms with Crippen LogP contribution in [0.15, 0.2) is 0 Å². The van der Waals surface area contributed by atoms with Crippen LogP contribution in [0.3, 0.4) is 0 Å². The Kier molecular flexibility index (Phi) is 11.1. The summed E-state index contributed by atoms with van der Waals surface area (Å²) in [6.45, 7) is 0. The van der Waals surface area contributed by atoms with Crippen LogP contribution < -0.4 is 9.79 Å². The Bertz CT molecular complexity index is 349. The average molecular weight is 353 g/mol. The summed E-state index contributed by atoms with van der Waals surface area (Å²) in [7, 11) is -5.14. The molecule has 0 aromatic rings. The molecular formula is C6H9O11PZn. The first-order valence-electron chi connectivity index (χ1n) is 3.92. The molecule has 0 saturated carbocycles. The third-order valence-electron chi connectivity index (χ3n) is 1.29. The van der Waals surface area contributed by atoms with Crippen LogP contribution in [0.1, 0.15) is 12.8 Å². The van der Waals surface area contributed by atoms with E-state index >= 15 is 0 Å². The van der Waals surface area contributed by atoms with Gasteiger partial charge in [-0.1, -0.05) is 0 Å². The fourth-order valence-corrected chi connectivity index (χ4v) is 0.714. The summed E-state index contributed by atoms with van der Waals surface area (Å²) in [6, 6.07) is 0. The summed E-state index contributed by atoms with van der Waals surface area (Å²) in [5.41, 5.74) is -2.74. The zero-order valence-corrected chi connectivity index (χ0v) is 13.1. The number of rotatable bonds is 5. The summed E-state index contributed by atoms with van der Waals surface area (Å²) in [6.07, 6.45) is -2.29. The minimum atomic E-state index is -5.14. The van der Waals surface area contributed by atoms with E-state index in [9.17, 15) is 14.4 Å². The molecule has 19 heavy (non-hydrogen) atoms. The third-order valence-corrected chi connectivity index (χ3v) is 1.29. The molecule has 0 spiro atoms. The van der Waals surface area contributed by atoms with Gasteiger partial charge in [-0.3, -0.25) is 9.59 Å². The van der Waals surface area contributed by atoms with Crippen LogP contribution >= 0.6 is 7.82 Å². The Balaban J connectivity index is -0.000000366. The molecule has 106 valence electrons. The van der Waals surface area contributed by atoms with Gasteiger partial charge in [-0.2, -0.15) is 0 Å². The Morgan fingerprint density at radius 1 is 1.00 bits per heavy atom. The molecule has 0 aliphatic carbocycles. The number of carbonyl (C=O) groups is 3. The van der Waals surface area contributed by atoms with E-state index in [4.69, 9.17) is 39.7 Å². The molecule has 0 bridgehead atoms. The van der Waals surface area contributed by atoms with Crippen LogP contribution in [-0.2, 0) is 38.4 Å². The van der Waals surface area contributed by atoms with Crippen molar-refractivity contribution in [2.24, 2.45) is 0 Å². The molecule has 0 aliphatic heterocycles. The summed E-state index contributed by atoms with van der Waals surface area (Å²) in [5.74, 6) is -5.02. The number of carboxylic acid groups (broad SMARTS) is 3. The van der Waals surface area contributed by atoms with E-state index in [1.54, 1.807) is 0 Å². The summed E-state index contributed by atoms with van der Waals surface area (Å²) in [5, 5.41) is 33.8. The smallest absolute Gasteiger partial charge is 0.790 e. The van der Waals surface area contributed by atoms with E-state index in [0.717, 1.165) is 0 Å². The summed E-state index contributed by atoms with van der Waals surface area (Å²) in [4.78, 5) is 54.8. The standard InChI is InChI=1S/C6H8O7.H3O4P.Zn/c7-3(8)1-6(13,5(11)12)2-4(9)10;1-5(2,3)4;/h13H,1-2H2,(H,7,8)(H,9,10)(H,11,12);(H3,1,2,3,4);/q;;+2/p-2. The van der Waals surface area contributed by atoms with E-state index in [1.807, 2.05) is 0 Å². The van der Waals surface area contributed by atoms with Crippen LogP contribution in [0.4, 0.5) is 0 Å². The first kappa shape index (κ1) is 23.2. The molecule has 0 radical (unpaired) electrons. The first-order chi connectivity index (χ1) is 7.78. The quantitative estimate of drug-likeness (QED) is 0.242. The van der Waals surface area contributed by atoms with Crippen LogP contribution in [0.5, 0.6) is 0 Å². The molecule has 13 heteroatoms. The van der Waals surface area contributed by atoms with E-state index in [2.05, 4.69) is 0 Å². The van der Waals surface area contributed by atoms with Gasteiger partial charge < -0.3 is 39.7 Å². The maximum Gasteiger partial charge on any atom is 2.00 e. The second-order valence-electron chi connectivity index (χ2n) is 2.95. The van der Waals surface area contributed by atoms with Gasteiger partial charge in [0.25, 0.3) is 0 Å². The van der Waals surface area contributed by atoms with Gasteiger partial charge in [0.05, 0.1) is 20.7 Å². The number of hydrogen-bond acceptors (Lipinski definition) is 7. The van der Waals surface area contributed by atoms with Gasteiger partial charge in [-0.25, -0.2) is 4.79 Å². The maximum atomic E-state index is 10.3. The van der Waals surface area contributed by atoms with Gasteiger partial charge in [0.1, 0.15) is 0 Å². The van der Waals surface area contributed by atoms with Gasteiger partial charge in [-0.05, 0) is 0 Å². The van der Waals surface area contributed by atoms with Crippen LogP contribution in [0.2, 0.25) is 0 Å². The zero-order valence-electron chi connectivity index (χ0n) is 9.25. The number of aliphatic carboxylic acids is 3. The SMILES string of the molecule is O=C(O)CC(O)(CC(=O)O)C(=O)O.O=P([O-])([O-])O.[Zn+2]. The second kappa shape index (κ2) is 9.08. The fraction of sp³-hybridized carbons (Fsp3) is 0.500. The summed E-state index contributed by atoms with van der Waals surface area (Å²) < 4.78 is 8.66. The van der Waals surface area contributed by atoms with Crippen molar-refractivity contribution < 1.29 is 73.5 Å². The molecule has 0 aromatic heterocycles. The van der Waals surface area contributed by atoms with E-state index in [1.165, 1.54) is 0 Å². The molecule has 5 N–H and O–H groups in total. The Hall–Kier alpha value is -0.897. The average Bonchev–Trinajstić information content (AvgIpc) is 1.95. The van der Waals surface area contributed by atoms with Crippen LogP contribution in [0, 0.1) is 0 Å². The van der Waals surface area contributed by atoms with Crippen molar-refractivity contribution in [1.29, 1.82) is 0 Å². The maximum absolute atomic E-state index is 10.3. The van der Waals surface area contributed by atoms with E-state index in [-0.39, 0.29) is 19.5 Å². The van der Waals surface area contributed by atoms with Gasteiger partial charge in [-0.15, -0.1) is 0 Å². The van der Waals surface area contributed by atoms with Gasteiger partial charge in [0, 0.05) is 0 Å². The number of phosphoric acid groups is 1. The molecule has 11 nitrogen and oxygen atoms in total. The van der Waals surface area contributed by atoms with Crippen LogP contribution in [0.25, 0.3) is 0 Å². The molecule has 0 heterocycles.